The summed E-state index contributed by atoms with van der Waals surface area (Å²) in [6.07, 6.45) is 2.64. The Kier molecular flexibility index (Phi) is 3.44. The summed E-state index contributed by atoms with van der Waals surface area (Å²) in [4.78, 5) is 0. The Bertz CT molecular complexity index is 494. The summed E-state index contributed by atoms with van der Waals surface area (Å²) in [7, 11) is 1.71. The molecular weight excluding hydrogens is 216 g/mol. The summed E-state index contributed by atoms with van der Waals surface area (Å²) in [5, 5.41) is 3.71. The number of nitrogens with zero attached hydrogens (tertiary/aromatic N) is 1. The Morgan fingerprint density at radius 2 is 2.12 bits per heavy atom. The Labute approximate surface area is 100 Å². The van der Waals surface area contributed by atoms with Gasteiger partial charge in [-0.15, -0.1) is 0 Å². The summed E-state index contributed by atoms with van der Waals surface area (Å²) in [6.45, 7) is 2.04. The van der Waals surface area contributed by atoms with Gasteiger partial charge in [0.15, 0.2) is 0 Å². The maximum absolute atomic E-state index is 5.74. The third-order valence-corrected chi connectivity index (χ3v) is 2.82. The minimum absolute atomic E-state index is 0.164. The van der Waals surface area contributed by atoms with Gasteiger partial charge < -0.3 is 15.0 Å². The molecule has 17 heavy (non-hydrogen) atoms. The summed E-state index contributed by atoms with van der Waals surface area (Å²) in [6, 6.07) is 8.06. The van der Waals surface area contributed by atoms with Crippen LogP contribution in [-0.2, 0) is 11.2 Å². The van der Waals surface area contributed by atoms with Gasteiger partial charge in [0.1, 0.15) is 0 Å². The van der Waals surface area contributed by atoms with E-state index >= 15 is 0 Å². The molecule has 0 spiro atoms. The zero-order chi connectivity index (χ0) is 12.3. The number of hydrogen-bond donors (Lipinski definition) is 1. The van der Waals surface area contributed by atoms with Gasteiger partial charge >= 0.3 is 0 Å². The number of rotatable bonds is 4. The van der Waals surface area contributed by atoms with Crippen LogP contribution in [0, 0.1) is 0 Å². The second-order valence-electron chi connectivity index (χ2n) is 4.01. The van der Waals surface area contributed by atoms with Crippen molar-refractivity contribution in [1.29, 1.82) is 0 Å². The number of hydrogen-bond acceptors (Lipinski definition) is 4. The van der Waals surface area contributed by atoms with E-state index in [1.807, 2.05) is 25.1 Å². The predicted molar refractivity (Wildman–Crippen MR) is 66.5 cm³/mol. The van der Waals surface area contributed by atoms with Crippen LogP contribution < -0.4 is 5.73 Å². The highest BCUT2D eigenvalue weighted by Crippen LogP contribution is 2.29. The maximum Gasteiger partial charge on any atom is 0.229 e. The molecule has 1 heterocycles. The van der Waals surface area contributed by atoms with Crippen molar-refractivity contribution in [3.05, 3.63) is 36.0 Å². The van der Waals surface area contributed by atoms with Gasteiger partial charge in [0.2, 0.25) is 5.88 Å². The monoisotopic (exact) mass is 232 g/mol. The van der Waals surface area contributed by atoms with Crippen LogP contribution in [0.15, 0.2) is 35.0 Å². The van der Waals surface area contributed by atoms with Gasteiger partial charge in [0.25, 0.3) is 0 Å². The molecule has 0 saturated heterocycles. The molecule has 90 valence electrons. The first-order chi connectivity index (χ1) is 8.22. The Hall–Kier alpha value is -1.81. The smallest absolute Gasteiger partial charge is 0.229 e. The minimum atomic E-state index is 0.164. The Morgan fingerprint density at radius 1 is 1.35 bits per heavy atom. The molecule has 0 aliphatic heterocycles. The van der Waals surface area contributed by atoms with E-state index in [9.17, 15) is 0 Å². The Balaban J connectivity index is 2.38. The number of nitrogen functional groups attached to an aromatic ring is 1. The first-order valence-corrected chi connectivity index (χ1v) is 5.53. The molecular formula is C13H16N2O2. The van der Waals surface area contributed by atoms with Gasteiger partial charge in [0.05, 0.1) is 17.9 Å². The van der Waals surface area contributed by atoms with Crippen molar-refractivity contribution in [3.8, 4) is 11.1 Å². The van der Waals surface area contributed by atoms with Crippen molar-refractivity contribution in [2.24, 2.45) is 0 Å². The van der Waals surface area contributed by atoms with Crippen LogP contribution in [0.3, 0.4) is 0 Å². The van der Waals surface area contributed by atoms with E-state index in [4.69, 9.17) is 15.0 Å². The van der Waals surface area contributed by atoms with Crippen LogP contribution in [0.4, 0.5) is 5.88 Å². The van der Waals surface area contributed by atoms with Crippen molar-refractivity contribution < 1.29 is 9.26 Å². The number of aromatic nitrogens is 1. The zero-order valence-electron chi connectivity index (χ0n) is 10.0. The van der Waals surface area contributed by atoms with Crippen molar-refractivity contribution in [2.75, 3.05) is 12.8 Å². The average molecular weight is 232 g/mol. The van der Waals surface area contributed by atoms with Crippen LogP contribution >= 0.6 is 0 Å². The Morgan fingerprint density at radius 3 is 2.76 bits per heavy atom. The highest BCUT2D eigenvalue weighted by atomic mass is 16.5. The molecule has 0 amide bonds. The third-order valence-electron chi connectivity index (χ3n) is 2.82. The van der Waals surface area contributed by atoms with Crippen molar-refractivity contribution in [3.63, 3.8) is 0 Å². The summed E-state index contributed by atoms with van der Waals surface area (Å²) in [5.74, 6) is 0.350. The lowest BCUT2D eigenvalue weighted by atomic mass is 9.98. The summed E-state index contributed by atoms with van der Waals surface area (Å²) < 4.78 is 10.2. The van der Waals surface area contributed by atoms with Gasteiger partial charge in [-0.25, -0.2) is 0 Å². The second-order valence-corrected chi connectivity index (χ2v) is 4.01. The topological polar surface area (TPSA) is 61.3 Å². The quantitative estimate of drug-likeness (QED) is 0.879. The maximum atomic E-state index is 5.74. The van der Waals surface area contributed by atoms with Crippen molar-refractivity contribution in [1.82, 2.24) is 5.16 Å². The SMILES string of the molecule is COC(C)Cc1ccccc1-c1cnoc1N. The predicted octanol–water partition coefficient (Wildman–Crippen LogP) is 2.50. The van der Waals surface area contributed by atoms with E-state index < -0.39 is 0 Å². The van der Waals surface area contributed by atoms with E-state index in [1.54, 1.807) is 13.3 Å². The van der Waals surface area contributed by atoms with Gasteiger partial charge in [0, 0.05) is 7.11 Å². The highest BCUT2D eigenvalue weighted by Gasteiger charge is 2.12. The number of methoxy groups -OCH3 is 1. The fourth-order valence-corrected chi connectivity index (χ4v) is 1.80. The number of benzene rings is 1. The normalized spacial score (nSPS) is 12.6. The van der Waals surface area contributed by atoms with Crippen LogP contribution in [0.5, 0.6) is 0 Å². The molecule has 0 aliphatic carbocycles. The molecule has 0 bridgehead atoms. The third kappa shape index (κ3) is 2.47. The van der Waals surface area contributed by atoms with Gasteiger partial charge in [-0.1, -0.05) is 29.4 Å². The molecule has 0 aliphatic rings. The van der Waals surface area contributed by atoms with Crippen molar-refractivity contribution >= 4 is 5.88 Å². The molecule has 1 unspecified atom stereocenters. The number of ether oxygens (including phenoxy) is 1. The molecule has 2 rings (SSSR count). The van der Waals surface area contributed by atoms with E-state index in [-0.39, 0.29) is 6.10 Å². The fraction of sp³-hybridized carbons (Fsp3) is 0.308. The standard InChI is InChI=1S/C13H16N2O2/c1-9(16-2)7-10-5-3-4-6-11(10)12-8-15-17-13(12)14/h3-6,8-9H,7,14H2,1-2H3. The lowest BCUT2D eigenvalue weighted by molar-refractivity contribution is 0.119. The molecule has 0 radical (unpaired) electrons. The molecule has 1 aromatic carbocycles. The largest absolute Gasteiger partial charge is 0.381 e. The number of anilines is 1. The van der Waals surface area contributed by atoms with E-state index in [0.29, 0.717) is 5.88 Å². The number of nitrogens with two attached hydrogens (primary N) is 1. The van der Waals surface area contributed by atoms with Crippen LogP contribution in [-0.4, -0.2) is 18.4 Å². The molecule has 2 N–H and O–H groups in total. The average Bonchev–Trinajstić information content (AvgIpc) is 2.76. The molecule has 2 aromatic rings. The second kappa shape index (κ2) is 5.01. The first-order valence-electron chi connectivity index (χ1n) is 5.53. The molecule has 0 fully saturated rings. The van der Waals surface area contributed by atoms with Gasteiger partial charge in [-0.2, -0.15) is 0 Å². The molecule has 4 heteroatoms. The molecule has 1 aromatic heterocycles. The lowest BCUT2D eigenvalue weighted by Gasteiger charge is -2.12. The fourth-order valence-electron chi connectivity index (χ4n) is 1.80. The van der Waals surface area contributed by atoms with Gasteiger partial charge in [-0.3, -0.25) is 0 Å². The minimum Gasteiger partial charge on any atom is -0.381 e. The van der Waals surface area contributed by atoms with E-state index in [2.05, 4.69) is 11.2 Å². The zero-order valence-corrected chi connectivity index (χ0v) is 10.0. The van der Waals surface area contributed by atoms with Crippen molar-refractivity contribution in [2.45, 2.75) is 19.4 Å². The molecule has 1 atom stereocenters. The highest BCUT2D eigenvalue weighted by molar-refractivity contribution is 5.74. The van der Waals surface area contributed by atoms with Crippen LogP contribution in [0.25, 0.3) is 11.1 Å². The van der Waals surface area contributed by atoms with Crippen LogP contribution in [0.1, 0.15) is 12.5 Å². The summed E-state index contributed by atoms with van der Waals surface area (Å²) in [5.41, 5.74) is 8.81. The van der Waals surface area contributed by atoms with E-state index in [0.717, 1.165) is 17.5 Å². The lowest BCUT2D eigenvalue weighted by Crippen LogP contribution is -2.09. The van der Waals surface area contributed by atoms with Gasteiger partial charge in [-0.05, 0) is 24.5 Å². The summed E-state index contributed by atoms with van der Waals surface area (Å²) >= 11 is 0. The van der Waals surface area contributed by atoms with Crippen LogP contribution in [0.2, 0.25) is 0 Å². The van der Waals surface area contributed by atoms with E-state index in [1.165, 1.54) is 5.56 Å². The molecule has 4 nitrogen and oxygen atoms in total. The molecule has 0 saturated carbocycles. The first kappa shape index (κ1) is 11.7.